The maximum atomic E-state index is 11.9. The van der Waals surface area contributed by atoms with Gasteiger partial charge in [-0.1, -0.05) is 0 Å². The molecular formula is C12H24N2O3S. The van der Waals surface area contributed by atoms with Gasteiger partial charge in [-0.3, -0.25) is 4.90 Å². The number of nitrogens with two attached hydrogens (primary N) is 1. The standard InChI is InChI=1S/C12H24N2O3S/c1-14(8-11-4-2-6-17-11)12(9-13)5-3-7-18(15,16)10-12/h11H,2-10,13H2,1H3. The first kappa shape index (κ1) is 14.2. The van der Waals surface area contributed by atoms with Gasteiger partial charge in [0, 0.05) is 25.2 Å². The third kappa shape index (κ3) is 3.04. The Labute approximate surface area is 110 Å². The predicted octanol–water partition coefficient (Wildman–Crippen LogP) is 0.00330. The average Bonchev–Trinajstić information content (AvgIpc) is 2.80. The van der Waals surface area contributed by atoms with Crippen LogP contribution in [0.4, 0.5) is 0 Å². The summed E-state index contributed by atoms with van der Waals surface area (Å²) in [6.07, 6.45) is 3.99. The van der Waals surface area contributed by atoms with Gasteiger partial charge >= 0.3 is 0 Å². The molecule has 6 heteroatoms. The van der Waals surface area contributed by atoms with Crippen molar-refractivity contribution in [2.24, 2.45) is 5.73 Å². The molecule has 2 atom stereocenters. The van der Waals surface area contributed by atoms with Crippen LogP contribution >= 0.6 is 0 Å². The molecule has 0 aromatic rings. The molecule has 2 aliphatic heterocycles. The Bertz CT molecular complexity index is 379. The van der Waals surface area contributed by atoms with Crippen molar-refractivity contribution in [2.45, 2.75) is 37.3 Å². The molecule has 2 saturated heterocycles. The van der Waals surface area contributed by atoms with Crippen molar-refractivity contribution >= 4 is 9.84 Å². The molecule has 0 aromatic heterocycles. The fraction of sp³-hybridized carbons (Fsp3) is 1.00. The van der Waals surface area contributed by atoms with Gasteiger partial charge < -0.3 is 10.5 Å². The van der Waals surface area contributed by atoms with E-state index in [4.69, 9.17) is 10.5 Å². The number of sulfone groups is 1. The van der Waals surface area contributed by atoms with Gasteiger partial charge in [0.2, 0.25) is 0 Å². The van der Waals surface area contributed by atoms with Crippen molar-refractivity contribution in [1.82, 2.24) is 4.90 Å². The van der Waals surface area contributed by atoms with Gasteiger partial charge in [0.1, 0.15) is 0 Å². The Morgan fingerprint density at radius 2 is 2.22 bits per heavy atom. The molecule has 2 unspecified atom stereocenters. The van der Waals surface area contributed by atoms with Crippen LogP contribution in [0.1, 0.15) is 25.7 Å². The highest BCUT2D eigenvalue weighted by Gasteiger charge is 2.41. The van der Waals surface area contributed by atoms with Crippen molar-refractivity contribution < 1.29 is 13.2 Å². The van der Waals surface area contributed by atoms with E-state index in [1.54, 1.807) is 0 Å². The molecule has 2 rings (SSSR count). The van der Waals surface area contributed by atoms with Crippen LogP contribution in [0.2, 0.25) is 0 Å². The van der Waals surface area contributed by atoms with Gasteiger partial charge in [0.25, 0.3) is 0 Å². The highest BCUT2D eigenvalue weighted by Crippen LogP contribution is 2.28. The highest BCUT2D eigenvalue weighted by atomic mass is 32.2. The van der Waals surface area contributed by atoms with Gasteiger partial charge in [0.05, 0.1) is 17.6 Å². The summed E-state index contributed by atoms with van der Waals surface area (Å²) in [4.78, 5) is 2.12. The third-order valence-electron chi connectivity index (χ3n) is 4.28. The molecule has 2 heterocycles. The highest BCUT2D eigenvalue weighted by molar-refractivity contribution is 7.91. The normalized spacial score (nSPS) is 36.1. The van der Waals surface area contributed by atoms with Crippen molar-refractivity contribution in [1.29, 1.82) is 0 Å². The molecule has 18 heavy (non-hydrogen) atoms. The third-order valence-corrected chi connectivity index (χ3v) is 6.17. The molecule has 0 radical (unpaired) electrons. The first-order valence-corrected chi connectivity index (χ1v) is 8.53. The molecular weight excluding hydrogens is 252 g/mol. The van der Waals surface area contributed by atoms with Gasteiger partial charge in [0.15, 0.2) is 9.84 Å². The SMILES string of the molecule is CN(CC1CCCO1)C1(CN)CCCS(=O)(=O)C1. The monoisotopic (exact) mass is 276 g/mol. The maximum Gasteiger partial charge on any atom is 0.152 e. The van der Waals surface area contributed by atoms with Gasteiger partial charge in [-0.05, 0) is 32.7 Å². The first-order valence-electron chi connectivity index (χ1n) is 6.71. The lowest BCUT2D eigenvalue weighted by Gasteiger charge is -2.44. The lowest BCUT2D eigenvalue weighted by Crippen LogP contribution is -2.60. The van der Waals surface area contributed by atoms with Crippen LogP contribution in [0.3, 0.4) is 0 Å². The fourth-order valence-electron chi connectivity index (χ4n) is 3.08. The molecule has 0 aliphatic carbocycles. The van der Waals surface area contributed by atoms with E-state index in [-0.39, 0.29) is 17.4 Å². The Balaban J connectivity index is 2.05. The van der Waals surface area contributed by atoms with Crippen LogP contribution in [-0.4, -0.2) is 63.2 Å². The molecule has 5 nitrogen and oxygen atoms in total. The fourth-order valence-corrected chi connectivity index (χ4v) is 5.11. The summed E-state index contributed by atoms with van der Waals surface area (Å²) in [5.74, 6) is 0.502. The molecule has 2 aliphatic rings. The van der Waals surface area contributed by atoms with Crippen LogP contribution < -0.4 is 5.73 Å². The van der Waals surface area contributed by atoms with Crippen molar-refractivity contribution in [3.8, 4) is 0 Å². The number of hydrogen-bond donors (Lipinski definition) is 1. The second kappa shape index (κ2) is 5.45. The van der Waals surface area contributed by atoms with E-state index in [1.807, 2.05) is 7.05 Å². The molecule has 2 fully saturated rings. The second-order valence-electron chi connectivity index (χ2n) is 5.64. The van der Waals surface area contributed by atoms with Gasteiger partial charge in [-0.2, -0.15) is 0 Å². The van der Waals surface area contributed by atoms with Gasteiger partial charge in [-0.25, -0.2) is 8.42 Å². The Morgan fingerprint density at radius 3 is 2.78 bits per heavy atom. The Morgan fingerprint density at radius 1 is 1.44 bits per heavy atom. The summed E-state index contributed by atoms with van der Waals surface area (Å²) in [6.45, 7) is 2.01. The van der Waals surface area contributed by atoms with Crippen LogP contribution in [0.15, 0.2) is 0 Å². The van der Waals surface area contributed by atoms with Crippen LogP contribution in [0.5, 0.6) is 0 Å². The van der Waals surface area contributed by atoms with E-state index < -0.39 is 9.84 Å². The lowest BCUT2D eigenvalue weighted by atomic mass is 9.93. The Kier molecular flexibility index (Phi) is 4.31. The topological polar surface area (TPSA) is 72.6 Å². The molecule has 0 bridgehead atoms. The van der Waals surface area contributed by atoms with E-state index in [0.717, 1.165) is 38.8 Å². The number of nitrogens with zero attached hydrogens (tertiary/aromatic N) is 1. The van der Waals surface area contributed by atoms with E-state index in [9.17, 15) is 8.42 Å². The number of hydrogen-bond acceptors (Lipinski definition) is 5. The summed E-state index contributed by atoms with van der Waals surface area (Å²) >= 11 is 0. The zero-order valence-electron chi connectivity index (χ0n) is 11.1. The number of ether oxygens (including phenoxy) is 1. The molecule has 106 valence electrons. The molecule has 0 spiro atoms. The van der Waals surface area contributed by atoms with Crippen LogP contribution in [-0.2, 0) is 14.6 Å². The van der Waals surface area contributed by atoms with Crippen LogP contribution in [0, 0.1) is 0 Å². The molecule has 2 N–H and O–H groups in total. The second-order valence-corrected chi connectivity index (χ2v) is 7.82. The molecule has 0 amide bonds. The average molecular weight is 276 g/mol. The lowest BCUT2D eigenvalue weighted by molar-refractivity contribution is 0.0399. The van der Waals surface area contributed by atoms with E-state index in [2.05, 4.69) is 4.90 Å². The summed E-state index contributed by atoms with van der Waals surface area (Å²) in [5, 5.41) is 0. The number of likely N-dealkylation sites (N-methyl/N-ethyl adjacent to an activating group) is 1. The van der Waals surface area contributed by atoms with Crippen molar-refractivity contribution in [3.63, 3.8) is 0 Å². The van der Waals surface area contributed by atoms with Crippen molar-refractivity contribution in [2.75, 3.05) is 38.2 Å². The maximum absolute atomic E-state index is 11.9. The van der Waals surface area contributed by atoms with Crippen molar-refractivity contribution in [3.05, 3.63) is 0 Å². The summed E-state index contributed by atoms with van der Waals surface area (Å²) in [6, 6.07) is 0. The molecule has 0 saturated carbocycles. The van der Waals surface area contributed by atoms with Gasteiger partial charge in [-0.15, -0.1) is 0 Å². The number of rotatable bonds is 4. The minimum atomic E-state index is -2.94. The largest absolute Gasteiger partial charge is 0.377 e. The van der Waals surface area contributed by atoms with E-state index >= 15 is 0 Å². The minimum absolute atomic E-state index is 0.194. The first-order chi connectivity index (χ1) is 8.47. The predicted molar refractivity (Wildman–Crippen MR) is 71.3 cm³/mol. The zero-order valence-corrected chi connectivity index (χ0v) is 11.9. The Hall–Kier alpha value is -0.170. The summed E-state index contributed by atoms with van der Waals surface area (Å²) in [5.41, 5.74) is 5.50. The quantitative estimate of drug-likeness (QED) is 0.782. The smallest absolute Gasteiger partial charge is 0.152 e. The van der Waals surface area contributed by atoms with Crippen LogP contribution in [0.25, 0.3) is 0 Å². The van der Waals surface area contributed by atoms with E-state index in [0.29, 0.717) is 12.3 Å². The zero-order chi connectivity index (χ0) is 13.2. The summed E-state index contributed by atoms with van der Waals surface area (Å²) in [7, 11) is -0.962. The summed E-state index contributed by atoms with van der Waals surface area (Å²) < 4.78 is 29.3. The molecule has 0 aromatic carbocycles. The van der Waals surface area contributed by atoms with E-state index in [1.165, 1.54) is 0 Å². The minimum Gasteiger partial charge on any atom is -0.377 e.